The molecule has 1 saturated heterocycles. The Morgan fingerprint density at radius 2 is 2.00 bits per heavy atom. The van der Waals surface area contributed by atoms with E-state index in [9.17, 15) is 8.42 Å². The number of rotatable bonds is 11. The van der Waals surface area contributed by atoms with Crippen LogP contribution in [0, 0.1) is 5.41 Å². The molecule has 1 fully saturated rings. The molecule has 0 saturated carbocycles. The normalized spacial score (nSPS) is 16.8. The highest BCUT2D eigenvalue weighted by atomic mass is 32.2. The number of nitrogens with zero attached hydrogens (tertiary/aromatic N) is 7. The fourth-order valence-corrected chi connectivity index (χ4v) is 5.06. The lowest BCUT2D eigenvalue weighted by Crippen LogP contribution is -2.35. The Morgan fingerprint density at radius 1 is 1.20 bits per heavy atom. The molecule has 4 N–H and O–H groups in total. The number of aromatic nitrogens is 2. The predicted octanol–water partition coefficient (Wildman–Crippen LogP) is 2.40. The average molecular weight is 504 g/mol. The van der Waals surface area contributed by atoms with Crippen molar-refractivity contribution in [3.63, 3.8) is 0 Å². The molecule has 0 radical (unpaired) electrons. The highest BCUT2D eigenvalue weighted by Gasteiger charge is 2.37. The number of pyridine rings is 2. The lowest BCUT2D eigenvalue weighted by atomic mass is 9.86. The molecule has 13 heteroatoms. The first-order valence-corrected chi connectivity index (χ1v) is 12.8. The van der Waals surface area contributed by atoms with E-state index in [2.05, 4.69) is 39.3 Å². The molecule has 12 nitrogen and oxygen atoms in total. The van der Waals surface area contributed by atoms with Crippen LogP contribution in [0.25, 0.3) is 0 Å². The molecular formula is C22H33N9O3S. The molecule has 0 bridgehead atoms. The van der Waals surface area contributed by atoms with Crippen LogP contribution in [0.2, 0.25) is 0 Å². The maximum atomic E-state index is 13.0. The fourth-order valence-electron chi connectivity index (χ4n) is 3.46. The van der Waals surface area contributed by atoms with Crippen molar-refractivity contribution in [2.24, 2.45) is 26.6 Å². The van der Waals surface area contributed by atoms with E-state index in [4.69, 9.17) is 16.2 Å². The lowest BCUT2D eigenvalue weighted by Gasteiger charge is -2.27. The van der Waals surface area contributed by atoms with Crippen molar-refractivity contribution in [1.82, 2.24) is 14.3 Å². The minimum atomic E-state index is -3.59. The van der Waals surface area contributed by atoms with Gasteiger partial charge in [-0.3, -0.25) is 4.31 Å². The van der Waals surface area contributed by atoms with Crippen LogP contribution in [0.5, 0.6) is 5.88 Å². The van der Waals surface area contributed by atoms with Crippen LogP contribution in [0.3, 0.4) is 0 Å². The Labute approximate surface area is 206 Å². The Balaban J connectivity index is 1.48. The van der Waals surface area contributed by atoms with E-state index in [1.54, 1.807) is 30.5 Å². The molecule has 0 amide bonds. The number of anilines is 2. The summed E-state index contributed by atoms with van der Waals surface area (Å²) in [6, 6.07) is 6.70. The molecule has 1 aliphatic heterocycles. The monoisotopic (exact) mass is 503 g/mol. The smallest absolute Gasteiger partial charge is 0.304 e. The summed E-state index contributed by atoms with van der Waals surface area (Å²) < 4.78 is 34.7. The van der Waals surface area contributed by atoms with E-state index in [0.29, 0.717) is 56.3 Å². The second-order valence-corrected chi connectivity index (χ2v) is 10.7. The van der Waals surface area contributed by atoms with Crippen LogP contribution in [-0.2, 0) is 10.2 Å². The molecule has 0 spiro atoms. The SMILES string of the molecule is CCN=NN=C(N)c1ccc(OCCC(C)(C)CCN2CCN(c3ccnc(N)c3)S2(=O)=O)nc1. The minimum absolute atomic E-state index is 0.134. The van der Waals surface area contributed by atoms with E-state index in [1.165, 1.54) is 14.8 Å². The van der Waals surface area contributed by atoms with Gasteiger partial charge in [0.25, 0.3) is 0 Å². The molecule has 3 rings (SSSR count). The molecule has 190 valence electrons. The van der Waals surface area contributed by atoms with E-state index in [-0.39, 0.29) is 17.1 Å². The van der Waals surface area contributed by atoms with Gasteiger partial charge in [0.2, 0.25) is 5.88 Å². The van der Waals surface area contributed by atoms with Gasteiger partial charge in [-0.1, -0.05) is 13.8 Å². The van der Waals surface area contributed by atoms with Gasteiger partial charge >= 0.3 is 10.2 Å². The summed E-state index contributed by atoms with van der Waals surface area (Å²) in [6.45, 7) is 8.26. The second kappa shape index (κ2) is 11.4. The largest absolute Gasteiger partial charge is 0.478 e. The van der Waals surface area contributed by atoms with Gasteiger partial charge < -0.3 is 16.2 Å². The number of hydrogen-bond acceptors (Lipinski definition) is 8. The third-order valence-electron chi connectivity index (χ3n) is 5.67. The third kappa shape index (κ3) is 7.09. The zero-order valence-corrected chi connectivity index (χ0v) is 21.1. The fraction of sp³-hybridized carbons (Fsp3) is 0.500. The quantitative estimate of drug-likeness (QED) is 0.206. The highest BCUT2D eigenvalue weighted by molar-refractivity contribution is 7.90. The van der Waals surface area contributed by atoms with Crippen molar-refractivity contribution in [2.45, 2.75) is 33.6 Å². The minimum Gasteiger partial charge on any atom is -0.478 e. The summed E-state index contributed by atoms with van der Waals surface area (Å²) in [5.41, 5.74) is 12.6. The van der Waals surface area contributed by atoms with Crippen molar-refractivity contribution in [3.8, 4) is 5.88 Å². The van der Waals surface area contributed by atoms with Crippen LogP contribution in [0.1, 0.15) is 39.2 Å². The number of nitrogen functional groups attached to an aromatic ring is 1. The summed E-state index contributed by atoms with van der Waals surface area (Å²) in [4.78, 5) is 8.19. The molecule has 0 aromatic carbocycles. The van der Waals surface area contributed by atoms with Crippen molar-refractivity contribution < 1.29 is 13.2 Å². The van der Waals surface area contributed by atoms with Crippen molar-refractivity contribution in [2.75, 3.05) is 42.8 Å². The summed E-state index contributed by atoms with van der Waals surface area (Å²) in [5.74, 6) is 0.989. The van der Waals surface area contributed by atoms with Crippen LogP contribution in [0.15, 0.2) is 52.1 Å². The third-order valence-corrected chi connectivity index (χ3v) is 7.63. The van der Waals surface area contributed by atoms with E-state index < -0.39 is 10.2 Å². The van der Waals surface area contributed by atoms with Gasteiger partial charge in [0, 0.05) is 49.7 Å². The van der Waals surface area contributed by atoms with Gasteiger partial charge in [0.15, 0.2) is 5.84 Å². The number of ether oxygens (including phenoxy) is 1. The van der Waals surface area contributed by atoms with Gasteiger partial charge in [-0.05, 0) is 42.5 Å². The van der Waals surface area contributed by atoms with Crippen molar-refractivity contribution in [3.05, 3.63) is 42.2 Å². The first-order valence-electron chi connectivity index (χ1n) is 11.4. The lowest BCUT2D eigenvalue weighted by molar-refractivity contribution is 0.203. The van der Waals surface area contributed by atoms with E-state index in [1.807, 2.05) is 6.92 Å². The van der Waals surface area contributed by atoms with Crippen LogP contribution in [0.4, 0.5) is 11.5 Å². The number of hydrogen-bond donors (Lipinski definition) is 2. The van der Waals surface area contributed by atoms with Crippen LogP contribution < -0.4 is 20.5 Å². The standard InChI is InChI=1S/C22H33N9O3S/c1-4-27-29-28-21(24)17-5-6-20(26-16-17)34-14-9-22(2,3)8-11-30-12-13-31(35(30,32)33)18-7-10-25-19(23)15-18/h5-7,10,15-16H,4,8-9,11-14H2,1-3H3,(H2,23,25)(H2,24,27,28). The van der Waals surface area contributed by atoms with Gasteiger partial charge in [-0.25, -0.2) is 9.97 Å². The first-order chi connectivity index (χ1) is 16.6. The van der Waals surface area contributed by atoms with Crippen molar-refractivity contribution in [1.29, 1.82) is 0 Å². The number of nitrogens with two attached hydrogens (primary N) is 2. The van der Waals surface area contributed by atoms with Gasteiger partial charge in [0.05, 0.1) is 18.8 Å². The topological polar surface area (TPSA) is 165 Å². The summed E-state index contributed by atoms with van der Waals surface area (Å²) in [6.07, 6.45) is 4.50. The molecule has 2 aromatic heterocycles. The molecule has 35 heavy (non-hydrogen) atoms. The maximum Gasteiger partial charge on any atom is 0.304 e. The predicted molar refractivity (Wildman–Crippen MR) is 135 cm³/mol. The van der Waals surface area contributed by atoms with Gasteiger partial charge in [-0.2, -0.15) is 17.8 Å². The Kier molecular flexibility index (Phi) is 8.57. The highest BCUT2D eigenvalue weighted by Crippen LogP contribution is 2.30. The molecular weight excluding hydrogens is 470 g/mol. The summed E-state index contributed by atoms with van der Waals surface area (Å²) in [7, 11) is -3.59. The maximum absolute atomic E-state index is 13.0. The zero-order chi connectivity index (χ0) is 25.5. The van der Waals surface area contributed by atoms with E-state index >= 15 is 0 Å². The first kappa shape index (κ1) is 26.3. The zero-order valence-electron chi connectivity index (χ0n) is 20.3. The molecule has 0 aliphatic carbocycles. The van der Waals surface area contributed by atoms with Crippen molar-refractivity contribution >= 4 is 27.6 Å². The molecule has 0 atom stereocenters. The Morgan fingerprint density at radius 3 is 2.69 bits per heavy atom. The van der Waals surface area contributed by atoms with Gasteiger partial charge in [0.1, 0.15) is 5.82 Å². The number of amidine groups is 1. The summed E-state index contributed by atoms with van der Waals surface area (Å²) in [5, 5.41) is 11.2. The Bertz CT molecular complexity index is 1150. The molecule has 3 heterocycles. The van der Waals surface area contributed by atoms with Crippen LogP contribution in [-0.4, -0.2) is 61.3 Å². The molecule has 0 unspecified atom stereocenters. The average Bonchev–Trinajstić information content (AvgIpc) is 3.12. The van der Waals surface area contributed by atoms with E-state index in [0.717, 1.165) is 6.42 Å². The second-order valence-electron chi connectivity index (χ2n) is 8.85. The summed E-state index contributed by atoms with van der Waals surface area (Å²) >= 11 is 0. The van der Waals surface area contributed by atoms with Gasteiger partial charge in [-0.15, -0.1) is 5.10 Å². The van der Waals surface area contributed by atoms with Crippen LogP contribution >= 0.6 is 0 Å². The Hall–Kier alpha value is -3.32. The molecule has 1 aliphatic rings. The molecule has 2 aromatic rings.